The number of aryl methyl sites for hydroxylation is 1. The first-order valence-corrected chi connectivity index (χ1v) is 5.38. The lowest BCUT2D eigenvalue weighted by Gasteiger charge is -2.01. The molecule has 2 heterocycles. The monoisotopic (exact) mass is 238 g/mol. The summed E-state index contributed by atoms with van der Waals surface area (Å²) in [6.07, 6.45) is 1.58. The molecule has 0 aromatic carbocycles. The lowest BCUT2D eigenvalue weighted by Crippen LogP contribution is -1.91. The van der Waals surface area contributed by atoms with Crippen LogP contribution in [0.15, 0.2) is 18.3 Å². The van der Waals surface area contributed by atoms with Crippen molar-refractivity contribution in [3.8, 4) is 11.3 Å². The molecule has 0 saturated carbocycles. The lowest BCUT2D eigenvalue weighted by atomic mass is 10.1. The van der Waals surface area contributed by atoms with E-state index in [1.165, 1.54) is 4.09 Å². The second-order valence-electron chi connectivity index (χ2n) is 3.46. The van der Waals surface area contributed by atoms with E-state index in [1.54, 1.807) is 25.3 Å². The van der Waals surface area contributed by atoms with Crippen molar-refractivity contribution in [2.75, 3.05) is 5.73 Å². The summed E-state index contributed by atoms with van der Waals surface area (Å²) in [6.45, 7) is 3.63. The van der Waals surface area contributed by atoms with Crippen LogP contribution in [0.1, 0.15) is 11.4 Å². The third-order valence-electron chi connectivity index (χ3n) is 2.36. The van der Waals surface area contributed by atoms with Crippen molar-refractivity contribution in [2.24, 2.45) is 0 Å². The van der Waals surface area contributed by atoms with E-state index in [9.17, 15) is 3.89 Å². The molecule has 2 aromatic heterocycles. The van der Waals surface area contributed by atoms with Crippen molar-refractivity contribution in [2.45, 2.75) is 13.8 Å². The molecule has 2 N–H and O–H groups in total. The van der Waals surface area contributed by atoms with Gasteiger partial charge in [0.25, 0.3) is 0 Å². The Balaban J connectivity index is 2.55. The van der Waals surface area contributed by atoms with Crippen LogP contribution in [0.25, 0.3) is 11.3 Å². The number of rotatable bonds is 2. The number of nitrogens with two attached hydrogens (primary N) is 1. The molecule has 0 spiro atoms. The number of hydrogen-bond donors (Lipinski definition) is 1. The van der Waals surface area contributed by atoms with E-state index in [4.69, 9.17) is 5.73 Å². The minimum Gasteiger partial charge on any atom is -0.397 e. The predicted molar refractivity (Wildman–Crippen MR) is 63.4 cm³/mol. The van der Waals surface area contributed by atoms with E-state index in [-0.39, 0.29) is 12.3 Å². The Bertz CT molecular complexity index is 506. The van der Waals surface area contributed by atoms with Crippen molar-refractivity contribution < 1.29 is 3.89 Å². The van der Waals surface area contributed by atoms with Crippen molar-refractivity contribution in [1.29, 1.82) is 0 Å². The van der Waals surface area contributed by atoms with E-state index in [2.05, 4.69) is 10.1 Å². The van der Waals surface area contributed by atoms with Gasteiger partial charge in [0.05, 0.1) is 29.0 Å². The molecule has 0 radical (unpaired) electrons. The Labute approximate surface area is 97.1 Å². The van der Waals surface area contributed by atoms with Crippen LogP contribution in [-0.2, 0) is 0 Å². The summed E-state index contributed by atoms with van der Waals surface area (Å²) < 4.78 is 13.8. The molecule has 4 nitrogen and oxygen atoms in total. The highest BCUT2D eigenvalue weighted by molar-refractivity contribution is 7.92. The number of nitrogens with zero attached hydrogens (tertiary/aromatic N) is 3. The highest BCUT2D eigenvalue weighted by Crippen LogP contribution is 2.27. The van der Waals surface area contributed by atoms with E-state index in [1.807, 2.05) is 6.92 Å². The molecule has 0 aliphatic heterocycles. The maximum Gasteiger partial charge on any atom is 0.187 e. The Morgan fingerprint density at radius 1 is 1.38 bits per heavy atom. The Hall–Kier alpha value is -1.56. The molecule has 84 valence electrons. The van der Waals surface area contributed by atoms with Crippen LogP contribution in [-0.4, -0.2) is 14.2 Å². The highest BCUT2D eigenvalue weighted by Gasteiger charge is 2.14. The van der Waals surface area contributed by atoms with Gasteiger partial charge in [0.2, 0.25) is 0 Å². The molecule has 0 aliphatic rings. The maximum atomic E-state index is 12.5. The largest absolute Gasteiger partial charge is 0.397 e. The summed E-state index contributed by atoms with van der Waals surface area (Å²) in [4.78, 5) is 4.21. The van der Waals surface area contributed by atoms with Gasteiger partial charge in [-0.2, -0.15) is 9.19 Å². The van der Waals surface area contributed by atoms with Crippen molar-refractivity contribution in [3.63, 3.8) is 0 Å². The van der Waals surface area contributed by atoms with E-state index < -0.39 is 0 Å². The molecule has 0 saturated heterocycles. The summed E-state index contributed by atoms with van der Waals surface area (Å²) in [6, 6.07) is 3.57. The minimum atomic E-state index is 0.0813. The molecule has 16 heavy (non-hydrogen) atoms. The predicted octanol–water partition coefficient (Wildman–Crippen LogP) is 2.52. The van der Waals surface area contributed by atoms with Gasteiger partial charge in [-0.1, -0.05) is 0 Å². The zero-order valence-electron chi connectivity index (χ0n) is 8.94. The van der Waals surface area contributed by atoms with Crippen LogP contribution in [0.5, 0.6) is 0 Å². The molecule has 0 bridgehead atoms. The molecule has 6 heteroatoms. The van der Waals surface area contributed by atoms with Gasteiger partial charge >= 0.3 is 0 Å². The first kappa shape index (κ1) is 10.9. The molecular formula is C10H11FN4S. The van der Waals surface area contributed by atoms with Crippen LogP contribution in [0.3, 0.4) is 0 Å². The van der Waals surface area contributed by atoms with Gasteiger partial charge in [0, 0.05) is 5.56 Å². The third kappa shape index (κ3) is 1.76. The summed E-state index contributed by atoms with van der Waals surface area (Å²) in [5, 5.41) is 4.06. The average Bonchev–Trinajstić information content (AvgIpc) is 2.56. The van der Waals surface area contributed by atoms with Crippen molar-refractivity contribution >= 4 is 18.0 Å². The molecule has 0 amide bonds. The van der Waals surface area contributed by atoms with Crippen molar-refractivity contribution in [3.05, 3.63) is 29.7 Å². The summed E-state index contributed by atoms with van der Waals surface area (Å²) in [7, 11) is 0. The minimum absolute atomic E-state index is 0.0813. The zero-order chi connectivity index (χ0) is 11.7. The summed E-state index contributed by atoms with van der Waals surface area (Å²) in [5.41, 5.74) is 9.26. The average molecular weight is 238 g/mol. The lowest BCUT2D eigenvalue weighted by molar-refractivity contribution is 0.856. The number of hydrogen-bond acceptors (Lipinski definition) is 4. The zero-order valence-corrected chi connectivity index (χ0v) is 9.75. The quantitative estimate of drug-likeness (QED) is 0.873. The van der Waals surface area contributed by atoms with Crippen LogP contribution in [0.4, 0.5) is 9.57 Å². The summed E-state index contributed by atoms with van der Waals surface area (Å²) >= 11 is 0.0813. The second-order valence-corrected chi connectivity index (χ2v) is 3.95. The fourth-order valence-corrected chi connectivity index (χ4v) is 1.96. The van der Waals surface area contributed by atoms with Crippen LogP contribution in [0, 0.1) is 13.8 Å². The van der Waals surface area contributed by atoms with Crippen LogP contribution < -0.4 is 5.73 Å². The number of nitrogen functional groups attached to an aromatic ring is 1. The van der Waals surface area contributed by atoms with Crippen LogP contribution in [0.2, 0.25) is 0 Å². The van der Waals surface area contributed by atoms with E-state index in [0.29, 0.717) is 5.69 Å². The smallest absolute Gasteiger partial charge is 0.187 e. The van der Waals surface area contributed by atoms with Gasteiger partial charge in [-0.3, -0.25) is 4.98 Å². The Morgan fingerprint density at radius 3 is 2.62 bits per heavy atom. The van der Waals surface area contributed by atoms with E-state index in [0.717, 1.165) is 22.6 Å². The molecule has 0 atom stereocenters. The topological polar surface area (TPSA) is 56.7 Å². The third-order valence-corrected chi connectivity index (χ3v) is 2.85. The maximum absolute atomic E-state index is 12.5. The van der Waals surface area contributed by atoms with Gasteiger partial charge in [0.15, 0.2) is 12.3 Å². The molecule has 2 aromatic rings. The van der Waals surface area contributed by atoms with Gasteiger partial charge in [-0.05, 0) is 26.0 Å². The molecule has 0 aliphatic carbocycles. The van der Waals surface area contributed by atoms with E-state index >= 15 is 0 Å². The van der Waals surface area contributed by atoms with Gasteiger partial charge in [0.1, 0.15) is 0 Å². The molecule has 0 unspecified atom stereocenters. The Kier molecular flexibility index (Phi) is 2.82. The molecule has 2 rings (SSSR count). The first-order valence-electron chi connectivity index (χ1n) is 4.70. The van der Waals surface area contributed by atoms with Crippen molar-refractivity contribution in [1.82, 2.24) is 14.2 Å². The summed E-state index contributed by atoms with van der Waals surface area (Å²) in [5.74, 6) is 0. The number of halogens is 1. The molecule has 0 fully saturated rings. The van der Waals surface area contributed by atoms with Gasteiger partial charge in [-0.15, -0.1) is 3.89 Å². The SMILES string of the molecule is Cc1nn(SF)c(C)c1-c1ccc(N)cn1. The number of aromatic nitrogens is 3. The Morgan fingerprint density at radius 2 is 2.12 bits per heavy atom. The number of anilines is 1. The standard InChI is InChI=1S/C10H11FN4S/c1-6-10(7(2)15(14-6)16-11)9-4-3-8(12)5-13-9/h3-5H,12H2,1-2H3. The fraction of sp³-hybridized carbons (Fsp3) is 0.200. The van der Waals surface area contributed by atoms with Crippen LogP contribution >= 0.6 is 12.3 Å². The first-order chi connectivity index (χ1) is 7.63. The number of pyridine rings is 1. The van der Waals surface area contributed by atoms with Gasteiger partial charge in [-0.25, -0.2) is 0 Å². The normalized spacial score (nSPS) is 10.7. The molecular weight excluding hydrogens is 227 g/mol. The highest BCUT2D eigenvalue weighted by atomic mass is 32.2. The van der Waals surface area contributed by atoms with Gasteiger partial charge < -0.3 is 5.73 Å². The second kappa shape index (κ2) is 4.13. The fourth-order valence-electron chi connectivity index (χ4n) is 1.61.